The minimum absolute atomic E-state index is 0.0312. The summed E-state index contributed by atoms with van der Waals surface area (Å²) < 4.78 is 31.1. The van der Waals surface area contributed by atoms with Crippen molar-refractivity contribution in [2.45, 2.75) is 0 Å². The molecule has 104 valence electrons. The van der Waals surface area contributed by atoms with Crippen molar-refractivity contribution in [2.24, 2.45) is 0 Å². The van der Waals surface area contributed by atoms with Crippen molar-refractivity contribution in [2.75, 3.05) is 17.7 Å². The molecule has 0 aliphatic carbocycles. The molecule has 20 heavy (non-hydrogen) atoms. The summed E-state index contributed by atoms with van der Waals surface area (Å²) in [6.45, 7) is -0.290. The second-order valence-corrected chi connectivity index (χ2v) is 4.07. The van der Waals surface area contributed by atoms with Crippen LogP contribution in [-0.4, -0.2) is 12.5 Å². The lowest BCUT2D eigenvalue weighted by Gasteiger charge is -2.08. The molecule has 0 bridgehead atoms. The van der Waals surface area contributed by atoms with E-state index in [0.717, 1.165) is 18.2 Å². The zero-order chi connectivity index (χ0) is 14.5. The molecule has 0 heterocycles. The number of rotatable bonds is 4. The minimum atomic E-state index is -0.767. The first-order valence-corrected chi connectivity index (χ1v) is 5.77. The number of halogens is 2. The normalized spacial score (nSPS) is 10.1. The van der Waals surface area contributed by atoms with Crippen LogP contribution in [0.4, 0.5) is 20.2 Å². The first-order valence-electron chi connectivity index (χ1n) is 5.77. The largest absolute Gasteiger partial charge is 0.484 e. The lowest BCUT2D eigenvalue weighted by Crippen LogP contribution is -2.20. The van der Waals surface area contributed by atoms with Crippen molar-refractivity contribution in [3.8, 4) is 5.75 Å². The smallest absolute Gasteiger partial charge is 0.262 e. The van der Waals surface area contributed by atoms with Gasteiger partial charge in [-0.1, -0.05) is 6.07 Å². The van der Waals surface area contributed by atoms with E-state index in [4.69, 9.17) is 10.5 Å². The van der Waals surface area contributed by atoms with Gasteiger partial charge >= 0.3 is 0 Å². The van der Waals surface area contributed by atoms with Crippen LogP contribution in [0.25, 0.3) is 0 Å². The summed E-state index contributed by atoms with van der Waals surface area (Å²) in [6, 6.07) is 9.33. The van der Waals surface area contributed by atoms with E-state index in [1.807, 2.05) is 0 Å². The van der Waals surface area contributed by atoms with Gasteiger partial charge in [0.1, 0.15) is 17.4 Å². The molecule has 0 atom stereocenters. The van der Waals surface area contributed by atoms with E-state index in [0.29, 0.717) is 11.4 Å². The molecule has 0 saturated carbocycles. The predicted octanol–water partition coefficient (Wildman–Crippen LogP) is 2.56. The molecule has 0 aliphatic heterocycles. The number of carbonyl (C=O) groups excluding carboxylic acids is 1. The van der Waals surface area contributed by atoms with Crippen molar-refractivity contribution in [3.05, 3.63) is 54.1 Å². The average molecular weight is 278 g/mol. The van der Waals surface area contributed by atoms with Gasteiger partial charge in [-0.3, -0.25) is 4.79 Å². The third-order valence-corrected chi connectivity index (χ3v) is 2.37. The Balaban J connectivity index is 1.92. The van der Waals surface area contributed by atoms with Gasteiger partial charge in [-0.05, 0) is 24.3 Å². The fraction of sp³-hybridized carbons (Fsp3) is 0.0714. The summed E-state index contributed by atoms with van der Waals surface area (Å²) in [5.74, 6) is -1.63. The molecule has 0 unspecified atom stereocenters. The van der Waals surface area contributed by atoms with E-state index in [9.17, 15) is 13.6 Å². The number of nitrogens with one attached hydrogen (secondary N) is 1. The molecule has 0 aromatic heterocycles. The van der Waals surface area contributed by atoms with Crippen LogP contribution in [-0.2, 0) is 4.79 Å². The number of nitrogen functional groups attached to an aromatic ring is 1. The number of hydrogen-bond acceptors (Lipinski definition) is 3. The maximum atomic E-state index is 12.9. The fourth-order valence-corrected chi connectivity index (χ4v) is 1.58. The SMILES string of the molecule is Nc1cccc(OCC(=O)Nc2cc(F)cc(F)c2)c1. The number of amides is 1. The standard InChI is InChI=1S/C14H12F2N2O2/c15-9-4-10(16)6-12(5-9)18-14(19)8-20-13-3-1-2-11(17)7-13/h1-7H,8,17H2,(H,18,19). The van der Waals surface area contributed by atoms with Crippen LogP contribution >= 0.6 is 0 Å². The van der Waals surface area contributed by atoms with Gasteiger partial charge in [-0.2, -0.15) is 0 Å². The van der Waals surface area contributed by atoms with Crippen LogP contribution in [0.15, 0.2) is 42.5 Å². The highest BCUT2D eigenvalue weighted by atomic mass is 19.1. The van der Waals surface area contributed by atoms with E-state index in [-0.39, 0.29) is 12.3 Å². The van der Waals surface area contributed by atoms with Crippen LogP contribution in [0.2, 0.25) is 0 Å². The monoisotopic (exact) mass is 278 g/mol. The zero-order valence-corrected chi connectivity index (χ0v) is 10.4. The molecule has 2 aromatic carbocycles. The van der Waals surface area contributed by atoms with E-state index < -0.39 is 17.5 Å². The third kappa shape index (κ3) is 3.94. The van der Waals surface area contributed by atoms with Gasteiger partial charge in [0.2, 0.25) is 0 Å². The molecule has 2 aromatic rings. The Morgan fingerprint density at radius 3 is 2.50 bits per heavy atom. The van der Waals surface area contributed by atoms with Gasteiger partial charge in [0.05, 0.1) is 0 Å². The Morgan fingerprint density at radius 2 is 1.85 bits per heavy atom. The fourth-order valence-electron chi connectivity index (χ4n) is 1.58. The summed E-state index contributed by atoms with van der Waals surface area (Å²) in [5.41, 5.74) is 6.10. The predicted molar refractivity (Wildman–Crippen MR) is 71.3 cm³/mol. The molecule has 3 N–H and O–H groups in total. The Bertz CT molecular complexity index is 612. The third-order valence-electron chi connectivity index (χ3n) is 2.37. The van der Waals surface area contributed by atoms with Crippen molar-refractivity contribution in [3.63, 3.8) is 0 Å². The quantitative estimate of drug-likeness (QED) is 0.845. The number of benzene rings is 2. The lowest BCUT2D eigenvalue weighted by atomic mass is 10.3. The number of ether oxygens (including phenoxy) is 1. The number of hydrogen-bond donors (Lipinski definition) is 2. The average Bonchev–Trinajstić information content (AvgIpc) is 2.35. The van der Waals surface area contributed by atoms with Crippen LogP contribution in [0.3, 0.4) is 0 Å². The van der Waals surface area contributed by atoms with E-state index in [1.54, 1.807) is 24.3 Å². The maximum absolute atomic E-state index is 12.9. The molecule has 4 nitrogen and oxygen atoms in total. The minimum Gasteiger partial charge on any atom is -0.484 e. The highest BCUT2D eigenvalue weighted by Gasteiger charge is 2.06. The summed E-state index contributed by atoms with van der Waals surface area (Å²) >= 11 is 0. The zero-order valence-electron chi connectivity index (χ0n) is 10.4. The molecule has 2 rings (SSSR count). The number of nitrogens with two attached hydrogens (primary N) is 1. The molecule has 0 fully saturated rings. The van der Waals surface area contributed by atoms with Crippen molar-refractivity contribution < 1.29 is 18.3 Å². The highest BCUT2D eigenvalue weighted by molar-refractivity contribution is 5.91. The summed E-state index contributed by atoms with van der Waals surface area (Å²) in [6.07, 6.45) is 0. The molecule has 6 heteroatoms. The summed E-state index contributed by atoms with van der Waals surface area (Å²) in [4.78, 5) is 11.6. The van der Waals surface area contributed by atoms with Crippen LogP contribution in [0.1, 0.15) is 0 Å². The van der Waals surface area contributed by atoms with Crippen LogP contribution in [0.5, 0.6) is 5.75 Å². The topological polar surface area (TPSA) is 64.3 Å². The maximum Gasteiger partial charge on any atom is 0.262 e. The lowest BCUT2D eigenvalue weighted by molar-refractivity contribution is -0.118. The molecule has 0 aliphatic rings. The van der Waals surface area contributed by atoms with E-state index >= 15 is 0 Å². The van der Waals surface area contributed by atoms with Crippen LogP contribution < -0.4 is 15.8 Å². The first-order chi connectivity index (χ1) is 9.52. The highest BCUT2D eigenvalue weighted by Crippen LogP contribution is 2.15. The molecular weight excluding hydrogens is 266 g/mol. The Hall–Kier alpha value is -2.63. The Labute approximate surface area is 114 Å². The number of anilines is 2. The Kier molecular flexibility index (Phi) is 4.14. The molecule has 0 radical (unpaired) electrons. The van der Waals surface area contributed by atoms with Gasteiger partial charge in [-0.15, -0.1) is 0 Å². The molecule has 0 spiro atoms. The van der Waals surface area contributed by atoms with Gasteiger partial charge in [0, 0.05) is 23.5 Å². The van der Waals surface area contributed by atoms with Crippen LogP contribution in [0, 0.1) is 11.6 Å². The first kappa shape index (κ1) is 13.8. The van der Waals surface area contributed by atoms with Gasteiger partial charge in [0.25, 0.3) is 5.91 Å². The summed E-state index contributed by atoms with van der Waals surface area (Å²) in [5, 5.41) is 2.33. The van der Waals surface area contributed by atoms with Gasteiger partial charge in [0.15, 0.2) is 6.61 Å². The second kappa shape index (κ2) is 6.01. The van der Waals surface area contributed by atoms with E-state index in [2.05, 4.69) is 5.32 Å². The molecule has 0 saturated heterocycles. The van der Waals surface area contributed by atoms with Crippen molar-refractivity contribution in [1.29, 1.82) is 0 Å². The molecule has 1 amide bonds. The van der Waals surface area contributed by atoms with E-state index in [1.165, 1.54) is 0 Å². The molecular formula is C14H12F2N2O2. The Morgan fingerprint density at radius 1 is 1.15 bits per heavy atom. The van der Waals surface area contributed by atoms with Crippen molar-refractivity contribution in [1.82, 2.24) is 0 Å². The van der Waals surface area contributed by atoms with Gasteiger partial charge in [-0.25, -0.2) is 8.78 Å². The second-order valence-electron chi connectivity index (χ2n) is 4.07. The number of carbonyl (C=O) groups is 1. The summed E-state index contributed by atoms with van der Waals surface area (Å²) in [7, 11) is 0. The van der Waals surface area contributed by atoms with Gasteiger partial charge < -0.3 is 15.8 Å². The van der Waals surface area contributed by atoms with Crippen molar-refractivity contribution >= 4 is 17.3 Å².